The van der Waals surface area contributed by atoms with E-state index in [2.05, 4.69) is 32.7 Å². The van der Waals surface area contributed by atoms with Gasteiger partial charge in [0.25, 0.3) is 0 Å². The van der Waals surface area contributed by atoms with E-state index in [4.69, 9.17) is 4.42 Å². The number of fused-ring (bicyclic) bond motifs is 1. The molecule has 0 atom stereocenters. The Labute approximate surface area is 183 Å². The number of furan rings is 1. The van der Waals surface area contributed by atoms with Crippen molar-refractivity contribution in [2.75, 3.05) is 18.0 Å². The van der Waals surface area contributed by atoms with E-state index in [0.29, 0.717) is 31.5 Å². The van der Waals surface area contributed by atoms with Crippen LogP contribution in [0.4, 0.5) is 5.69 Å². The number of carbonyl (C=O) groups excluding carboxylic acids is 2. The summed E-state index contributed by atoms with van der Waals surface area (Å²) in [5, 5.41) is 0.982. The van der Waals surface area contributed by atoms with E-state index >= 15 is 0 Å². The fourth-order valence-electron chi connectivity index (χ4n) is 3.64. The number of pyridine rings is 1. The van der Waals surface area contributed by atoms with Gasteiger partial charge in [-0.25, -0.2) is 0 Å². The van der Waals surface area contributed by atoms with E-state index in [0.717, 1.165) is 22.2 Å². The van der Waals surface area contributed by atoms with Gasteiger partial charge >= 0.3 is 0 Å². The molecular weight excluding hydrogens is 390 g/mol. The monoisotopic (exact) mass is 421 g/mol. The SMILES string of the molecule is CC(C)CN(CC(C)C)C(=O)CC(=O)N(Cc1ccc2occc2c1)c1ccncc1. The van der Waals surface area contributed by atoms with Crippen LogP contribution in [0.1, 0.15) is 39.7 Å². The highest BCUT2D eigenvalue weighted by molar-refractivity contribution is 6.05. The minimum absolute atomic E-state index is 0.128. The predicted octanol–water partition coefficient (Wildman–Crippen LogP) is 4.89. The number of benzene rings is 1. The standard InChI is InChI=1S/C25H31N3O3/c1-18(2)15-27(16-19(3)4)24(29)14-25(30)28(22-7-10-26-11-8-22)17-20-5-6-23-21(13-20)9-12-31-23/h5-13,18-19H,14-17H2,1-4H3. The molecule has 0 unspecified atom stereocenters. The Morgan fingerprint density at radius 1 is 0.935 bits per heavy atom. The Balaban J connectivity index is 1.81. The molecule has 0 fully saturated rings. The van der Waals surface area contributed by atoms with Gasteiger partial charge in [0.2, 0.25) is 11.8 Å². The molecule has 0 saturated carbocycles. The minimum Gasteiger partial charge on any atom is -0.464 e. The molecule has 1 aromatic carbocycles. The van der Waals surface area contributed by atoms with Crippen LogP contribution >= 0.6 is 0 Å². The Morgan fingerprint density at radius 3 is 2.26 bits per heavy atom. The van der Waals surface area contributed by atoms with E-state index in [9.17, 15) is 9.59 Å². The highest BCUT2D eigenvalue weighted by atomic mass is 16.3. The number of aromatic nitrogens is 1. The third-order valence-corrected chi connectivity index (χ3v) is 4.96. The summed E-state index contributed by atoms with van der Waals surface area (Å²) in [4.78, 5) is 33.8. The van der Waals surface area contributed by atoms with Gasteiger partial charge in [0, 0.05) is 36.6 Å². The first-order valence-corrected chi connectivity index (χ1v) is 10.8. The molecule has 3 rings (SSSR count). The number of rotatable bonds is 9. The van der Waals surface area contributed by atoms with Crippen LogP contribution in [0.25, 0.3) is 11.0 Å². The van der Waals surface area contributed by atoms with Gasteiger partial charge in [0.15, 0.2) is 0 Å². The topological polar surface area (TPSA) is 66.7 Å². The Morgan fingerprint density at radius 2 is 1.61 bits per heavy atom. The van der Waals surface area contributed by atoms with Crippen LogP contribution in [-0.4, -0.2) is 34.8 Å². The van der Waals surface area contributed by atoms with E-state index in [-0.39, 0.29) is 18.2 Å². The molecule has 0 radical (unpaired) electrons. The first-order valence-electron chi connectivity index (χ1n) is 10.8. The van der Waals surface area contributed by atoms with Crippen molar-refractivity contribution in [2.45, 2.75) is 40.7 Å². The maximum atomic E-state index is 13.3. The van der Waals surface area contributed by atoms with Crippen LogP contribution in [-0.2, 0) is 16.1 Å². The molecule has 0 bridgehead atoms. The van der Waals surface area contributed by atoms with Gasteiger partial charge in [-0.2, -0.15) is 0 Å². The van der Waals surface area contributed by atoms with Crippen molar-refractivity contribution in [3.8, 4) is 0 Å². The molecule has 2 amide bonds. The van der Waals surface area contributed by atoms with Crippen LogP contribution in [0.2, 0.25) is 0 Å². The lowest BCUT2D eigenvalue weighted by molar-refractivity contribution is -0.136. The van der Waals surface area contributed by atoms with Crippen molar-refractivity contribution in [3.05, 3.63) is 60.6 Å². The molecule has 0 aliphatic rings. The fourth-order valence-corrected chi connectivity index (χ4v) is 3.64. The lowest BCUT2D eigenvalue weighted by atomic mass is 10.1. The van der Waals surface area contributed by atoms with Gasteiger partial charge in [0.1, 0.15) is 12.0 Å². The first kappa shape index (κ1) is 22.5. The second kappa shape index (κ2) is 10.2. The summed E-state index contributed by atoms with van der Waals surface area (Å²) in [5.41, 5.74) is 2.49. The lowest BCUT2D eigenvalue weighted by Crippen LogP contribution is -2.41. The summed E-state index contributed by atoms with van der Waals surface area (Å²) in [6, 6.07) is 11.3. The Hall–Kier alpha value is -3.15. The normalized spacial score (nSPS) is 11.3. The zero-order valence-electron chi connectivity index (χ0n) is 18.7. The maximum Gasteiger partial charge on any atom is 0.236 e. The molecular formula is C25H31N3O3. The van der Waals surface area contributed by atoms with Crippen LogP contribution in [0.3, 0.4) is 0 Å². The van der Waals surface area contributed by atoms with E-state index in [1.54, 1.807) is 35.7 Å². The van der Waals surface area contributed by atoms with E-state index < -0.39 is 0 Å². The third-order valence-electron chi connectivity index (χ3n) is 4.96. The molecule has 164 valence electrons. The van der Waals surface area contributed by atoms with Crippen molar-refractivity contribution >= 4 is 28.5 Å². The van der Waals surface area contributed by atoms with Gasteiger partial charge < -0.3 is 14.2 Å². The van der Waals surface area contributed by atoms with Crippen molar-refractivity contribution in [2.24, 2.45) is 11.8 Å². The number of nitrogens with zero attached hydrogens (tertiary/aromatic N) is 3. The van der Waals surface area contributed by atoms with Crippen molar-refractivity contribution in [3.63, 3.8) is 0 Å². The summed E-state index contributed by atoms with van der Waals surface area (Å²) in [7, 11) is 0. The summed E-state index contributed by atoms with van der Waals surface area (Å²) in [6.07, 6.45) is 4.80. The highest BCUT2D eigenvalue weighted by Crippen LogP contribution is 2.22. The van der Waals surface area contributed by atoms with Crippen LogP contribution in [0.5, 0.6) is 0 Å². The molecule has 0 spiro atoms. The van der Waals surface area contributed by atoms with Crippen molar-refractivity contribution in [1.29, 1.82) is 0 Å². The maximum absolute atomic E-state index is 13.3. The molecule has 0 aliphatic heterocycles. The van der Waals surface area contributed by atoms with Gasteiger partial charge in [0.05, 0.1) is 12.8 Å². The summed E-state index contributed by atoms with van der Waals surface area (Å²) < 4.78 is 5.41. The summed E-state index contributed by atoms with van der Waals surface area (Å²) in [6.45, 7) is 9.99. The first-order chi connectivity index (χ1) is 14.8. The van der Waals surface area contributed by atoms with Crippen LogP contribution in [0.15, 0.2) is 59.5 Å². The molecule has 3 aromatic rings. The van der Waals surface area contributed by atoms with Gasteiger partial charge in [-0.05, 0) is 47.7 Å². The second-order valence-corrected chi connectivity index (χ2v) is 8.74. The minimum atomic E-state index is -0.221. The average Bonchev–Trinajstić information content (AvgIpc) is 3.19. The third kappa shape index (κ3) is 6.17. The zero-order chi connectivity index (χ0) is 22.4. The molecule has 6 nitrogen and oxygen atoms in total. The molecule has 0 aliphatic carbocycles. The van der Waals surface area contributed by atoms with Crippen LogP contribution in [0, 0.1) is 11.8 Å². The number of hydrogen-bond acceptors (Lipinski definition) is 4. The largest absolute Gasteiger partial charge is 0.464 e. The van der Waals surface area contributed by atoms with Crippen LogP contribution < -0.4 is 4.90 Å². The lowest BCUT2D eigenvalue weighted by Gasteiger charge is -2.28. The van der Waals surface area contributed by atoms with Gasteiger partial charge in [-0.15, -0.1) is 0 Å². The highest BCUT2D eigenvalue weighted by Gasteiger charge is 2.24. The summed E-state index contributed by atoms with van der Waals surface area (Å²) in [5.74, 6) is 0.337. The molecule has 2 heterocycles. The molecule has 31 heavy (non-hydrogen) atoms. The molecule has 6 heteroatoms. The average molecular weight is 422 g/mol. The number of amides is 2. The van der Waals surface area contributed by atoms with Gasteiger partial charge in [-0.3, -0.25) is 14.6 Å². The van der Waals surface area contributed by atoms with Gasteiger partial charge in [-0.1, -0.05) is 33.8 Å². The fraction of sp³-hybridized carbons (Fsp3) is 0.400. The molecule has 2 aromatic heterocycles. The van der Waals surface area contributed by atoms with Crippen molar-refractivity contribution in [1.82, 2.24) is 9.88 Å². The Bertz CT molecular complexity index is 1000. The molecule has 0 N–H and O–H groups in total. The quantitative estimate of drug-likeness (QED) is 0.461. The smallest absolute Gasteiger partial charge is 0.236 e. The Kier molecular flexibility index (Phi) is 7.45. The second-order valence-electron chi connectivity index (χ2n) is 8.74. The number of hydrogen-bond donors (Lipinski definition) is 0. The zero-order valence-corrected chi connectivity index (χ0v) is 18.7. The van der Waals surface area contributed by atoms with E-state index in [1.165, 1.54) is 0 Å². The summed E-state index contributed by atoms with van der Waals surface area (Å²) >= 11 is 0. The van der Waals surface area contributed by atoms with E-state index in [1.807, 2.05) is 29.2 Å². The number of anilines is 1. The predicted molar refractivity (Wildman–Crippen MR) is 123 cm³/mol. The molecule has 0 saturated heterocycles. The number of carbonyl (C=O) groups is 2. The van der Waals surface area contributed by atoms with Crippen molar-refractivity contribution < 1.29 is 14.0 Å².